The maximum absolute atomic E-state index is 11.7. The zero-order valence-electron chi connectivity index (χ0n) is 11.8. The van der Waals surface area contributed by atoms with E-state index < -0.39 is 11.8 Å². The van der Waals surface area contributed by atoms with E-state index in [9.17, 15) is 9.59 Å². The molecule has 0 aliphatic rings. The van der Waals surface area contributed by atoms with Gasteiger partial charge in [-0.25, -0.2) is 4.79 Å². The smallest absolute Gasteiger partial charge is 0.379 e. The predicted molar refractivity (Wildman–Crippen MR) is 73.6 cm³/mol. The van der Waals surface area contributed by atoms with Crippen molar-refractivity contribution in [1.29, 1.82) is 0 Å². The summed E-state index contributed by atoms with van der Waals surface area (Å²) in [4.78, 5) is 23.1. The van der Waals surface area contributed by atoms with Gasteiger partial charge in [-0.05, 0) is 13.8 Å². The molecule has 0 unspecified atom stereocenters. The molecule has 5 heteroatoms. The van der Waals surface area contributed by atoms with E-state index in [0.29, 0.717) is 18.8 Å². The van der Waals surface area contributed by atoms with Crippen LogP contribution in [0.2, 0.25) is 0 Å². The molecule has 5 nitrogen and oxygen atoms in total. The van der Waals surface area contributed by atoms with Crippen LogP contribution in [0.25, 0.3) is 0 Å². The molecule has 0 aliphatic heterocycles. The highest BCUT2D eigenvalue weighted by Gasteiger charge is 2.16. The first kappa shape index (κ1) is 16.3. The van der Waals surface area contributed by atoms with Gasteiger partial charge in [-0.1, -0.05) is 30.3 Å². The van der Waals surface area contributed by atoms with E-state index in [4.69, 9.17) is 14.2 Å². The number of hydrogen-bond acceptors (Lipinski definition) is 5. The predicted octanol–water partition coefficient (Wildman–Crippen LogP) is 1.85. The fourth-order valence-corrected chi connectivity index (χ4v) is 1.41. The second-order valence-electron chi connectivity index (χ2n) is 4.36. The molecule has 0 spiro atoms. The molecule has 0 saturated heterocycles. The molecule has 1 aromatic carbocycles. The Morgan fingerprint density at radius 1 is 1.00 bits per heavy atom. The second kappa shape index (κ2) is 9.23. The van der Waals surface area contributed by atoms with Crippen molar-refractivity contribution >= 4 is 11.8 Å². The van der Waals surface area contributed by atoms with E-state index in [2.05, 4.69) is 0 Å². The van der Waals surface area contributed by atoms with Crippen LogP contribution >= 0.6 is 0 Å². The van der Waals surface area contributed by atoms with Gasteiger partial charge >= 0.3 is 5.97 Å². The Morgan fingerprint density at radius 3 is 2.30 bits per heavy atom. The third-order valence-electron chi connectivity index (χ3n) is 2.36. The molecule has 0 saturated carbocycles. The lowest BCUT2D eigenvalue weighted by Gasteiger charge is -2.08. The Kier molecular flexibility index (Phi) is 7.54. The largest absolute Gasteiger partial charge is 0.457 e. The Labute approximate surface area is 118 Å². The summed E-state index contributed by atoms with van der Waals surface area (Å²) in [5, 5.41) is 0. The molecule has 0 radical (unpaired) electrons. The zero-order valence-corrected chi connectivity index (χ0v) is 11.8. The highest BCUT2D eigenvalue weighted by molar-refractivity contribution is 6.40. The summed E-state index contributed by atoms with van der Waals surface area (Å²) in [5.74, 6) is -1.51. The summed E-state index contributed by atoms with van der Waals surface area (Å²) in [5.41, 5.74) is 0.323. The van der Waals surface area contributed by atoms with Crippen molar-refractivity contribution < 1.29 is 23.8 Å². The lowest BCUT2D eigenvalue weighted by Crippen LogP contribution is -2.20. The van der Waals surface area contributed by atoms with Crippen molar-refractivity contribution in [2.75, 3.05) is 26.4 Å². The molecule has 1 rings (SSSR count). The minimum absolute atomic E-state index is 0.0546. The second-order valence-corrected chi connectivity index (χ2v) is 4.36. The van der Waals surface area contributed by atoms with Gasteiger partial charge in [-0.2, -0.15) is 0 Å². The van der Waals surface area contributed by atoms with Crippen molar-refractivity contribution in [3.05, 3.63) is 35.9 Å². The maximum Gasteiger partial charge on any atom is 0.379 e. The number of benzene rings is 1. The molecule has 0 heterocycles. The van der Waals surface area contributed by atoms with Gasteiger partial charge in [0.2, 0.25) is 0 Å². The van der Waals surface area contributed by atoms with Gasteiger partial charge in [0.05, 0.1) is 25.9 Å². The number of ether oxygens (including phenoxy) is 3. The van der Waals surface area contributed by atoms with Crippen LogP contribution in [0.1, 0.15) is 24.2 Å². The summed E-state index contributed by atoms with van der Waals surface area (Å²) in [7, 11) is 0. The number of carbonyl (C=O) groups is 2. The van der Waals surface area contributed by atoms with Crippen LogP contribution in [0, 0.1) is 0 Å². The minimum Gasteiger partial charge on any atom is -0.457 e. The summed E-state index contributed by atoms with van der Waals surface area (Å²) in [6.07, 6.45) is 0.167. The van der Waals surface area contributed by atoms with Crippen molar-refractivity contribution in [3.63, 3.8) is 0 Å². The number of carbonyl (C=O) groups excluding carboxylic acids is 2. The van der Waals surface area contributed by atoms with Gasteiger partial charge in [0.1, 0.15) is 6.61 Å². The molecule has 0 N–H and O–H groups in total. The number of Topliss-reactive ketones (excluding diaryl/α,β-unsaturated/α-hetero) is 1. The van der Waals surface area contributed by atoms with Crippen molar-refractivity contribution in [2.45, 2.75) is 20.0 Å². The van der Waals surface area contributed by atoms with Crippen LogP contribution in [-0.4, -0.2) is 44.3 Å². The van der Waals surface area contributed by atoms with E-state index in [0.717, 1.165) is 0 Å². The average Bonchev–Trinajstić information content (AvgIpc) is 2.45. The maximum atomic E-state index is 11.7. The topological polar surface area (TPSA) is 61.8 Å². The zero-order chi connectivity index (χ0) is 14.8. The van der Waals surface area contributed by atoms with Crippen LogP contribution in [0.15, 0.2) is 30.3 Å². The molecular weight excluding hydrogens is 260 g/mol. The highest BCUT2D eigenvalue weighted by Crippen LogP contribution is 2.01. The van der Waals surface area contributed by atoms with E-state index in [1.54, 1.807) is 30.3 Å². The van der Waals surface area contributed by atoms with Crippen LogP contribution in [0.5, 0.6) is 0 Å². The van der Waals surface area contributed by atoms with Gasteiger partial charge in [-0.15, -0.1) is 0 Å². The molecule has 20 heavy (non-hydrogen) atoms. The highest BCUT2D eigenvalue weighted by atomic mass is 16.6. The molecule has 0 bridgehead atoms. The minimum atomic E-state index is -0.863. The van der Waals surface area contributed by atoms with E-state index in [-0.39, 0.29) is 19.3 Å². The molecule has 0 amide bonds. The quantitative estimate of drug-likeness (QED) is 0.299. The molecule has 1 aromatic rings. The van der Waals surface area contributed by atoms with Crippen LogP contribution in [0.3, 0.4) is 0 Å². The molecular formula is C15H20O5. The Bertz CT molecular complexity index is 414. The molecule has 0 atom stereocenters. The molecule has 0 aromatic heterocycles. The average molecular weight is 280 g/mol. The fraction of sp³-hybridized carbons (Fsp3) is 0.467. The number of ketones is 1. The first-order valence-corrected chi connectivity index (χ1v) is 6.57. The molecule has 110 valence electrons. The van der Waals surface area contributed by atoms with Gasteiger partial charge in [0.15, 0.2) is 0 Å². The van der Waals surface area contributed by atoms with Gasteiger partial charge in [0, 0.05) is 5.56 Å². The lowest BCUT2D eigenvalue weighted by molar-refractivity contribution is -0.139. The van der Waals surface area contributed by atoms with E-state index in [1.165, 1.54) is 0 Å². The SMILES string of the molecule is CC(C)OCCOCCOC(=O)C(=O)c1ccccc1. The molecule has 0 aliphatic carbocycles. The number of esters is 1. The van der Waals surface area contributed by atoms with Gasteiger partial charge in [-0.3, -0.25) is 4.79 Å². The summed E-state index contributed by atoms with van der Waals surface area (Å²) >= 11 is 0. The molecule has 0 fully saturated rings. The third kappa shape index (κ3) is 6.45. The number of rotatable bonds is 9. The summed E-state index contributed by atoms with van der Waals surface area (Å²) < 4.78 is 15.3. The van der Waals surface area contributed by atoms with E-state index in [1.807, 2.05) is 13.8 Å². The standard InChI is InChI=1S/C15H20O5/c1-12(2)19-10-8-18-9-11-20-15(17)14(16)13-6-4-3-5-7-13/h3-7,12H,8-11H2,1-2H3. The van der Waals surface area contributed by atoms with Crippen molar-refractivity contribution in [1.82, 2.24) is 0 Å². The lowest BCUT2D eigenvalue weighted by atomic mass is 10.1. The Balaban J connectivity index is 2.13. The normalized spacial score (nSPS) is 10.6. The van der Waals surface area contributed by atoms with E-state index >= 15 is 0 Å². The Hall–Kier alpha value is -1.72. The van der Waals surface area contributed by atoms with Crippen LogP contribution < -0.4 is 0 Å². The monoisotopic (exact) mass is 280 g/mol. The third-order valence-corrected chi connectivity index (χ3v) is 2.36. The van der Waals surface area contributed by atoms with Gasteiger partial charge in [0.25, 0.3) is 5.78 Å². The van der Waals surface area contributed by atoms with Crippen molar-refractivity contribution in [3.8, 4) is 0 Å². The van der Waals surface area contributed by atoms with Gasteiger partial charge < -0.3 is 14.2 Å². The fourth-order valence-electron chi connectivity index (χ4n) is 1.41. The van der Waals surface area contributed by atoms with Crippen LogP contribution in [-0.2, 0) is 19.0 Å². The first-order chi connectivity index (χ1) is 9.61. The first-order valence-electron chi connectivity index (χ1n) is 6.57. The van der Waals surface area contributed by atoms with Crippen LogP contribution in [0.4, 0.5) is 0 Å². The van der Waals surface area contributed by atoms with Crippen molar-refractivity contribution in [2.24, 2.45) is 0 Å². The number of hydrogen-bond donors (Lipinski definition) is 0. The summed E-state index contributed by atoms with van der Waals surface area (Å²) in [6.45, 7) is 5.11. The summed E-state index contributed by atoms with van der Waals surface area (Å²) in [6, 6.07) is 8.30. The Morgan fingerprint density at radius 2 is 1.65 bits per heavy atom.